The first-order valence-electron chi connectivity index (χ1n) is 5.74. The highest BCUT2D eigenvalue weighted by Gasteiger charge is 2.11. The quantitative estimate of drug-likeness (QED) is 0.601. The summed E-state index contributed by atoms with van der Waals surface area (Å²) in [5.74, 6) is 0.598. The topological polar surface area (TPSA) is 26.3 Å². The number of hydrogen-bond acceptors (Lipinski definition) is 3. The molecule has 19 heavy (non-hydrogen) atoms. The highest BCUT2D eigenvalue weighted by Crippen LogP contribution is 2.36. The Morgan fingerprint density at radius 1 is 1.21 bits per heavy atom. The predicted molar refractivity (Wildman–Crippen MR) is 79.4 cm³/mol. The highest BCUT2D eigenvalue weighted by molar-refractivity contribution is 7.98. The van der Waals surface area contributed by atoms with E-state index in [0.717, 1.165) is 16.7 Å². The second-order valence-corrected chi connectivity index (χ2v) is 5.09. The average Bonchev–Trinajstić information content (AvgIpc) is 2.46. The van der Waals surface area contributed by atoms with Crippen molar-refractivity contribution < 1.29 is 9.53 Å². The molecular formula is C15H13ClO2S. The van der Waals surface area contributed by atoms with Gasteiger partial charge in [0.1, 0.15) is 12.4 Å². The molecular weight excluding hydrogens is 280 g/mol. The lowest BCUT2D eigenvalue weighted by Crippen LogP contribution is -1.97. The molecule has 0 radical (unpaired) electrons. The minimum Gasteiger partial charge on any atom is -0.487 e. The van der Waals surface area contributed by atoms with Gasteiger partial charge in [-0.15, -0.1) is 11.8 Å². The van der Waals surface area contributed by atoms with E-state index in [1.807, 2.05) is 36.6 Å². The summed E-state index contributed by atoms with van der Waals surface area (Å²) in [5.41, 5.74) is 1.66. The second kappa shape index (κ2) is 6.64. The van der Waals surface area contributed by atoms with Gasteiger partial charge < -0.3 is 4.74 Å². The lowest BCUT2D eigenvalue weighted by Gasteiger charge is -2.11. The molecule has 0 fully saturated rings. The zero-order valence-electron chi connectivity index (χ0n) is 10.4. The molecule has 0 unspecified atom stereocenters. The molecule has 2 aromatic rings. The van der Waals surface area contributed by atoms with Crippen molar-refractivity contribution in [3.8, 4) is 5.75 Å². The Morgan fingerprint density at radius 3 is 2.58 bits per heavy atom. The van der Waals surface area contributed by atoms with E-state index < -0.39 is 0 Å². The van der Waals surface area contributed by atoms with E-state index in [0.29, 0.717) is 22.9 Å². The molecule has 0 aliphatic carbocycles. The average molecular weight is 293 g/mol. The van der Waals surface area contributed by atoms with Gasteiger partial charge in [0.2, 0.25) is 0 Å². The zero-order valence-corrected chi connectivity index (χ0v) is 12.0. The van der Waals surface area contributed by atoms with Crippen molar-refractivity contribution in [1.82, 2.24) is 0 Å². The number of halogens is 1. The van der Waals surface area contributed by atoms with Crippen LogP contribution in [0.2, 0.25) is 5.02 Å². The molecule has 2 aromatic carbocycles. The Labute approximate surface area is 121 Å². The van der Waals surface area contributed by atoms with Crippen LogP contribution in [0.25, 0.3) is 0 Å². The van der Waals surface area contributed by atoms with Crippen LogP contribution in [0.15, 0.2) is 47.4 Å². The zero-order chi connectivity index (χ0) is 13.7. The molecule has 2 rings (SSSR count). The van der Waals surface area contributed by atoms with Crippen molar-refractivity contribution in [3.63, 3.8) is 0 Å². The van der Waals surface area contributed by atoms with Gasteiger partial charge in [0.05, 0.1) is 5.02 Å². The molecule has 0 aromatic heterocycles. The first-order chi connectivity index (χ1) is 9.26. The maximum absolute atomic E-state index is 10.9. The maximum Gasteiger partial charge on any atom is 0.151 e. The number of ether oxygens (including phenoxy) is 1. The Kier molecular flexibility index (Phi) is 4.88. The summed E-state index contributed by atoms with van der Waals surface area (Å²) < 4.78 is 5.70. The van der Waals surface area contributed by atoms with Crippen LogP contribution < -0.4 is 4.74 Å². The van der Waals surface area contributed by atoms with Crippen molar-refractivity contribution in [2.45, 2.75) is 11.5 Å². The third-order valence-electron chi connectivity index (χ3n) is 2.66. The van der Waals surface area contributed by atoms with E-state index in [9.17, 15) is 4.79 Å². The van der Waals surface area contributed by atoms with Gasteiger partial charge in [-0.1, -0.05) is 41.9 Å². The van der Waals surface area contributed by atoms with Crippen LogP contribution in [0.5, 0.6) is 5.75 Å². The minimum absolute atomic E-state index is 0.453. The third-order valence-corrected chi connectivity index (χ3v) is 4.00. The van der Waals surface area contributed by atoms with Gasteiger partial charge in [0.15, 0.2) is 6.29 Å². The van der Waals surface area contributed by atoms with Crippen LogP contribution >= 0.6 is 23.4 Å². The Bertz CT molecular complexity index is 570. The van der Waals surface area contributed by atoms with Gasteiger partial charge in [-0.2, -0.15) is 0 Å². The number of rotatable bonds is 5. The molecule has 4 heteroatoms. The van der Waals surface area contributed by atoms with Crippen molar-refractivity contribution in [2.75, 3.05) is 6.26 Å². The molecule has 2 nitrogen and oxygen atoms in total. The molecule has 0 bridgehead atoms. The number of benzene rings is 2. The van der Waals surface area contributed by atoms with Crippen LogP contribution in [0, 0.1) is 0 Å². The summed E-state index contributed by atoms with van der Waals surface area (Å²) in [6.07, 6.45) is 2.69. The minimum atomic E-state index is 0.453. The number of hydrogen-bond donors (Lipinski definition) is 0. The van der Waals surface area contributed by atoms with E-state index in [1.165, 1.54) is 11.8 Å². The second-order valence-electron chi connectivity index (χ2n) is 3.89. The van der Waals surface area contributed by atoms with Crippen LogP contribution in [0.3, 0.4) is 0 Å². The molecule has 0 atom stereocenters. The molecule has 0 spiro atoms. The Balaban J connectivity index is 2.19. The van der Waals surface area contributed by atoms with E-state index in [1.54, 1.807) is 12.1 Å². The van der Waals surface area contributed by atoms with Crippen LogP contribution in [0.1, 0.15) is 15.9 Å². The normalized spacial score (nSPS) is 10.2. The Hall–Kier alpha value is -1.45. The fourth-order valence-corrected chi connectivity index (χ4v) is 2.79. The number of aldehydes is 1. The van der Waals surface area contributed by atoms with Gasteiger partial charge in [0, 0.05) is 10.5 Å². The fraction of sp³-hybridized carbons (Fsp3) is 0.133. The van der Waals surface area contributed by atoms with Crippen molar-refractivity contribution in [3.05, 3.63) is 58.6 Å². The summed E-state index contributed by atoms with van der Waals surface area (Å²) >= 11 is 7.69. The standard InChI is InChI=1S/C15H13ClO2S/c1-19-15-12(9-17)7-8-13(14(15)16)18-10-11-5-3-2-4-6-11/h2-9H,10H2,1H3. The number of thioether (sulfide) groups is 1. The van der Waals surface area contributed by atoms with E-state index in [4.69, 9.17) is 16.3 Å². The van der Waals surface area contributed by atoms with Gasteiger partial charge in [0.25, 0.3) is 0 Å². The van der Waals surface area contributed by atoms with Gasteiger partial charge in [-0.25, -0.2) is 0 Å². The predicted octanol–water partition coefficient (Wildman–Crippen LogP) is 4.45. The van der Waals surface area contributed by atoms with Gasteiger partial charge in [-0.05, 0) is 24.0 Å². The summed E-state index contributed by atoms with van der Waals surface area (Å²) in [4.78, 5) is 11.7. The van der Waals surface area contributed by atoms with Crippen molar-refractivity contribution in [2.24, 2.45) is 0 Å². The monoisotopic (exact) mass is 292 g/mol. The van der Waals surface area contributed by atoms with Crippen LogP contribution in [-0.4, -0.2) is 12.5 Å². The molecule has 0 heterocycles. The lowest BCUT2D eigenvalue weighted by atomic mass is 10.2. The fourth-order valence-electron chi connectivity index (χ4n) is 1.70. The molecule has 0 aliphatic rings. The summed E-state index contributed by atoms with van der Waals surface area (Å²) in [7, 11) is 0. The number of carbonyl (C=O) groups excluding carboxylic acids is 1. The first-order valence-corrected chi connectivity index (χ1v) is 7.35. The van der Waals surface area contributed by atoms with E-state index in [-0.39, 0.29) is 0 Å². The van der Waals surface area contributed by atoms with E-state index in [2.05, 4.69) is 0 Å². The third kappa shape index (κ3) is 3.31. The van der Waals surface area contributed by atoms with Crippen LogP contribution in [0.4, 0.5) is 0 Å². The first kappa shape index (κ1) is 14.0. The molecule has 0 saturated heterocycles. The molecule has 0 amide bonds. The number of carbonyl (C=O) groups is 1. The smallest absolute Gasteiger partial charge is 0.151 e. The molecule has 98 valence electrons. The largest absolute Gasteiger partial charge is 0.487 e. The highest BCUT2D eigenvalue weighted by atomic mass is 35.5. The van der Waals surface area contributed by atoms with Gasteiger partial charge >= 0.3 is 0 Å². The van der Waals surface area contributed by atoms with Crippen LogP contribution in [-0.2, 0) is 6.61 Å². The SMILES string of the molecule is CSc1c(C=O)ccc(OCc2ccccc2)c1Cl. The molecule has 0 N–H and O–H groups in total. The Morgan fingerprint density at radius 2 is 1.95 bits per heavy atom. The summed E-state index contributed by atoms with van der Waals surface area (Å²) in [5, 5.41) is 0.494. The van der Waals surface area contributed by atoms with E-state index >= 15 is 0 Å². The summed E-state index contributed by atoms with van der Waals surface area (Å²) in [6.45, 7) is 0.453. The van der Waals surface area contributed by atoms with Gasteiger partial charge in [-0.3, -0.25) is 4.79 Å². The van der Waals surface area contributed by atoms with Crippen molar-refractivity contribution in [1.29, 1.82) is 0 Å². The maximum atomic E-state index is 10.9. The summed E-state index contributed by atoms with van der Waals surface area (Å²) in [6, 6.07) is 13.3. The molecule has 0 saturated carbocycles. The lowest BCUT2D eigenvalue weighted by molar-refractivity contribution is 0.112. The van der Waals surface area contributed by atoms with Crippen molar-refractivity contribution >= 4 is 29.6 Å². The molecule has 0 aliphatic heterocycles.